The summed E-state index contributed by atoms with van der Waals surface area (Å²) < 4.78 is 22.5. The van der Waals surface area contributed by atoms with E-state index >= 15 is 0 Å². The van der Waals surface area contributed by atoms with E-state index in [1.807, 2.05) is 0 Å². The summed E-state index contributed by atoms with van der Waals surface area (Å²) in [6.07, 6.45) is 0. The Hall–Kier alpha value is -2.84. The lowest BCUT2D eigenvalue weighted by Crippen LogP contribution is -1.92. The molecule has 0 N–H and O–H groups in total. The summed E-state index contributed by atoms with van der Waals surface area (Å²) in [7, 11) is -0.656. The topological polar surface area (TPSA) is 36.9 Å². The number of hydrogen-bond donors (Lipinski definition) is 0. The van der Waals surface area contributed by atoms with Crippen LogP contribution in [-0.4, -0.2) is 13.6 Å². The number of rotatable bonds is 1. The highest BCUT2D eigenvalue weighted by molar-refractivity contribution is 7.67. The highest BCUT2D eigenvalue weighted by Gasteiger charge is 2.23. The van der Waals surface area contributed by atoms with Gasteiger partial charge in [0.05, 0.1) is 0 Å². The van der Waals surface area contributed by atoms with Crippen molar-refractivity contribution in [1.29, 1.82) is 0 Å². The minimum Gasteiger partial charge on any atom is -0.454 e. The molecule has 2 aliphatic heterocycles. The molecule has 0 aliphatic carbocycles. The van der Waals surface area contributed by atoms with Crippen LogP contribution in [0.5, 0.6) is 23.0 Å². The monoisotopic (exact) mass is 348 g/mol. The van der Waals surface area contributed by atoms with Crippen molar-refractivity contribution in [1.82, 2.24) is 0 Å². The summed E-state index contributed by atoms with van der Waals surface area (Å²) >= 11 is 0. The second-order valence-electron chi connectivity index (χ2n) is 6.12. The minimum absolute atomic E-state index is 0.287. The molecule has 0 saturated heterocycles. The Morgan fingerprint density at radius 3 is 1.60 bits per heavy atom. The van der Waals surface area contributed by atoms with Gasteiger partial charge in [-0.25, -0.2) is 0 Å². The lowest BCUT2D eigenvalue weighted by atomic mass is 10.1. The van der Waals surface area contributed by atoms with Crippen LogP contribution in [0.4, 0.5) is 0 Å². The molecule has 0 spiro atoms. The molecule has 0 fully saturated rings. The van der Waals surface area contributed by atoms with Crippen LogP contribution >= 0.6 is 7.53 Å². The summed E-state index contributed by atoms with van der Waals surface area (Å²) in [6.45, 7) is 0.574. The van der Waals surface area contributed by atoms with Gasteiger partial charge in [-0.3, -0.25) is 0 Å². The molecule has 3 heterocycles. The Morgan fingerprint density at radius 1 is 0.600 bits per heavy atom. The third-order valence-corrected chi connectivity index (χ3v) is 7.29. The van der Waals surface area contributed by atoms with Crippen molar-refractivity contribution < 1.29 is 18.9 Å². The highest BCUT2D eigenvalue weighted by atomic mass is 31.1. The molecule has 122 valence electrons. The van der Waals surface area contributed by atoms with Crippen LogP contribution in [0.3, 0.4) is 0 Å². The van der Waals surface area contributed by atoms with Gasteiger partial charge in [0, 0.05) is 10.2 Å². The second-order valence-corrected chi connectivity index (χ2v) is 8.27. The molecule has 4 nitrogen and oxygen atoms in total. The molecule has 0 atom stereocenters. The first-order valence-corrected chi connectivity index (χ1v) is 9.45. The van der Waals surface area contributed by atoms with Crippen LogP contribution in [0.2, 0.25) is 0 Å². The zero-order valence-corrected chi connectivity index (χ0v) is 14.1. The van der Waals surface area contributed by atoms with Crippen molar-refractivity contribution in [2.24, 2.45) is 0 Å². The maximum Gasteiger partial charge on any atom is 0.231 e. The Labute approximate surface area is 144 Å². The van der Waals surface area contributed by atoms with E-state index in [1.165, 1.54) is 26.3 Å². The summed E-state index contributed by atoms with van der Waals surface area (Å²) in [4.78, 5) is 0. The number of ether oxygens (including phenoxy) is 4. The standard InChI is InChI=1S/C20H13O4P/c1-2-4-12(5-3-1)25-19-8-17-15(21-10-23-17)6-13(19)14-7-16-18(9-20(14)25)24-11-22-16/h1-9H,10-11H2. The minimum atomic E-state index is -0.656. The molecule has 0 bridgehead atoms. The van der Waals surface area contributed by atoms with Gasteiger partial charge in [-0.05, 0) is 40.3 Å². The molecule has 0 radical (unpaired) electrons. The molecule has 6 rings (SSSR count). The van der Waals surface area contributed by atoms with E-state index in [4.69, 9.17) is 18.9 Å². The maximum absolute atomic E-state index is 5.63. The van der Waals surface area contributed by atoms with E-state index < -0.39 is 7.53 Å². The fraction of sp³-hybridized carbons (Fsp3) is 0.100. The molecule has 25 heavy (non-hydrogen) atoms. The molecule has 0 saturated carbocycles. The van der Waals surface area contributed by atoms with E-state index in [0.29, 0.717) is 0 Å². The van der Waals surface area contributed by atoms with E-state index in [9.17, 15) is 0 Å². The van der Waals surface area contributed by atoms with Crippen molar-refractivity contribution in [2.75, 3.05) is 13.6 Å². The quantitative estimate of drug-likeness (QED) is 0.460. The van der Waals surface area contributed by atoms with Gasteiger partial charge < -0.3 is 18.9 Å². The first-order valence-electron chi connectivity index (χ1n) is 8.11. The number of benzene rings is 3. The van der Waals surface area contributed by atoms with Gasteiger partial charge in [0.15, 0.2) is 23.0 Å². The van der Waals surface area contributed by atoms with Crippen LogP contribution < -0.4 is 18.9 Å². The van der Waals surface area contributed by atoms with Gasteiger partial charge in [-0.2, -0.15) is 0 Å². The fourth-order valence-corrected chi connectivity index (χ4v) is 6.28. The molecule has 1 aromatic heterocycles. The molecular weight excluding hydrogens is 335 g/mol. The predicted molar refractivity (Wildman–Crippen MR) is 97.7 cm³/mol. The highest BCUT2D eigenvalue weighted by Crippen LogP contribution is 2.59. The molecule has 5 heteroatoms. The van der Waals surface area contributed by atoms with E-state index in [1.54, 1.807) is 0 Å². The third-order valence-electron chi connectivity index (χ3n) is 4.77. The van der Waals surface area contributed by atoms with Gasteiger partial charge in [0.2, 0.25) is 13.6 Å². The Morgan fingerprint density at radius 2 is 1.08 bits per heavy atom. The zero-order chi connectivity index (χ0) is 16.4. The van der Waals surface area contributed by atoms with Crippen LogP contribution in [0.1, 0.15) is 0 Å². The van der Waals surface area contributed by atoms with Crippen molar-refractivity contribution in [3.8, 4) is 28.3 Å². The maximum atomic E-state index is 5.63. The van der Waals surface area contributed by atoms with Crippen LogP contribution in [-0.2, 0) is 0 Å². The Kier molecular flexibility index (Phi) is 2.60. The first kappa shape index (κ1) is 13.5. The van der Waals surface area contributed by atoms with Crippen LogP contribution in [0.25, 0.3) is 26.3 Å². The molecule has 2 aliphatic rings. The average molecular weight is 348 g/mol. The molecule has 0 unspecified atom stereocenters. The van der Waals surface area contributed by atoms with Crippen molar-refractivity contribution in [3.05, 3.63) is 54.6 Å². The number of hydrogen-bond acceptors (Lipinski definition) is 4. The summed E-state index contributed by atoms with van der Waals surface area (Å²) in [5, 5.41) is 6.31. The van der Waals surface area contributed by atoms with E-state index in [2.05, 4.69) is 54.6 Å². The van der Waals surface area contributed by atoms with E-state index in [0.717, 1.165) is 23.0 Å². The van der Waals surface area contributed by atoms with Gasteiger partial charge >= 0.3 is 0 Å². The molecule has 0 amide bonds. The van der Waals surface area contributed by atoms with Crippen molar-refractivity contribution in [3.63, 3.8) is 0 Å². The lowest BCUT2D eigenvalue weighted by Gasteiger charge is -2.04. The van der Waals surface area contributed by atoms with E-state index in [-0.39, 0.29) is 13.6 Å². The lowest BCUT2D eigenvalue weighted by molar-refractivity contribution is 0.173. The van der Waals surface area contributed by atoms with Gasteiger partial charge in [-0.15, -0.1) is 0 Å². The molecular formula is C20H13O4P. The Bertz CT molecular complexity index is 1080. The largest absolute Gasteiger partial charge is 0.454 e. The van der Waals surface area contributed by atoms with Crippen molar-refractivity contribution >= 4 is 28.5 Å². The molecule has 3 aromatic carbocycles. The summed E-state index contributed by atoms with van der Waals surface area (Å²) in [5.74, 6) is 3.28. The van der Waals surface area contributed by atoms with Gasteiger partial charge in [0.25, 0.3) is 0 Å². The summed E-state index contributed by atoms with van der Waals surface area (Å²) in [5.41, 5.74) is 0. The second kappa shape index (κ2) is 4.84. The SMILES string of the molecule is c1ccc(-p2c3cc4c(cc3c3cc5c(cc32)OCO5)OCO4)cc1. The van der Waals surface area contributed by atoms with Gasteiger partial charge in [-0.1, -0.05) is 37.9 Å². The average Bonchev–Trinajstić information content (AvgIpc) is 3.35. The third kappa shape index (κ3) is 1.83. The number of fused-ring (bicyclic) bond motifs is 5. The van der Waals surface area contributed by atoms with Crippen LogP contribution in [0.15, 0.2) is 54.6 Å². The van der Waals surface area contributed by atoms with Gasteiger partial charge in [0.1, 0.15) is 0 Å². The normalized spacial score (nSPS) is 14.6. The summed E-state index contributed by atoms with van der Waals surface area (Å²) in [6, 6.07) is 19.1. The smallest absolute Gasteiger partial charge is 0.231 e. The Balaban J connectivity index is 1.79. The zero-order valence-electron chi connectivity index (χ0n) is 13.2. The molecule has 4 aromatic rings. The first-order chi connectivity index (χ1) is 12.4. The van der Waals surface area contributed by atoms with Crippen LogP contribution in [0, 0.1) is 0 Å². The van der Waals surface area contributed by atoms with Crippen molar-refractivity contribution in [2.45, 2.75) is 0 Å². The predicted octanol–water partition coefficient (Wildman–Crippen LogP) is 5.43. The fourth-order valence-electron chi connectivity index (χ4n) is 3.65.